The summed E-state index contributed by atoms with van der Waals surface area (Å²) in [7, 11) is -3.84. The SMILES string of the molecule is C=CCNC(=O)C(=O)C(CCC)NC(=O)[C@@H]1[C@@H]2[C@H](CN1C(=O)[C@@H](NC(=O)N[C@H](CNS(=O)(=O)NCCCCl)C(C)(C)C)C(C)(C)C)C2(C)C. The first-order chi connectivity index (χ1) is 22.5. The number of carbonyl (C=O) groups is 5. The molecule has 6 atom stereocenters. The van der Waals surface area contributed by atoms with Crippen LogP contribution in [0.2, 0.25) is 0 Å². The maximum Gasteiger partial charge on any atom is 0.315 e. The van der Waals surface area contributed by atoms with Crippen molar-refractivity contribution in [3.05, 3.63) is 12.7 Å². The Balaban J connectivity index is 2.27. The summed E-state index contributed by atoms with van der Waals surface area (Å²) in [4.78, 5) is 68.6. The van der Waals surface area contributed by atoms with Crippen molar-refractivity contribution in [3.8, 4) is 0 Å². The minimum absolute atomic E-state index is 0.0363. The first-order valence-electron chi connectivity index (χ1n) is 16.9. The number of alkyl halides is 1. The Labute approximate surface area is 297 Å². The molecule has 2 fully saturated rings. The largest absolute Gasteiger partial charge is 0.346 e. The quantitative estimate of drug-likeness (QED) is 0.0535. The van der Waals surface area contributed by atoms with Crippen LogP contribution in [0.3, 0.4) is 0 Å². The molecule has 2 aliphatic rings. The Bertz CT molecular complexity index is 1340. The average molecular weight is 732 g/mol. The van der Waals surface area contributed by atoms with Crippen LogP contribution in [0.5, 0.6) is 0 Å². The molecule has 0 aromatic heterocycles. The molecule has 1 saturated carbocycles. The molecule has 0 radical (unpaired) electrons. The smallest absolute Gasteiger partial charge is 0.315 e. The van der Waals surface area contributed by atoms with E-state index in [1.165, 1.54) is 11.0 Å². The number of nitrogens with zero attached hydrogens (tertiary/aromatic N) is 1. The van der Waals surface area contributed by atoms with E-state index in [0.29, 0.717) is 25.3 Å². The van der Waals surface area contributed by atoms with Gasteiger partial charge in [0.1, 0.15) is 12.1 Å². The van der Waals surface area contributed by atoms with Gasteiger partial charge in [0.25, 0.3) is 16.1 Å². The number of amides is 5. The van der Waals surface area contributed by atoms with Crippen molar-refractivity contribution in [1.82, 2.24) is 35.6 Å². The molecule has 0 bridgehead atoms. The van der Waals surface area contributed by atoms with E-state index in [0.717, 1.165) is 0 Å². The molecule has 0 aromatic rings. The van der Waals surface area contributed by atoms with Crippen molar-refractivity contribution >= 4 is 51.3 Å². The zero-order valence-corrected chi connectivity index (χ0v) is 32.1. The number of hydrogen-bond acceptors (Lipinski definition) is 7. The van der Waals surface area contributed by atoms with Gasteiger partial charge in [0, 0.05) is 38.1 Å². The van der Waals surface area contributed by atoms with Crippen molar-refractivity contribution in [3.63, 3.8) is 0 Å². The van der Waals surface area contributed by atoms with Crippen LogP contribution in [0.15, 0.2) is 12.7 Å². The standard InChI is InChI=1S/C33H58ClN7O7S/c1-11-14-21(25(42)28(44)35-16-12-2)38-27(43)24-23-20(33(23,9)10)19-41(24)29(45)26(32(6,7)8)40-30(46)39-22(31(3,4)5)18-37-49(47,48)36-17-13-15-34/h12,20-24,26,36-37H,2,11,13-19H2,1,3-10H3,(H,35,44)(H,38,43)(H2,39,40,46)/t20-,21?,22+,23-,24-,26+/m0/s1. The third kappa shape index (κ3) is 11.4. The lowest BCUT2D eigenvalue weighted by molar-refractivity contribution is -0.145. The van der Waals surface area contributed by atoms with Gasteiger partial charge in [-0.25, -0.2) is 14.2 Å². The number of rotatable bonds is 18. The molecule has 2 rings (SSSR count). The number of carbonyl (C=O) groups excluding carboxylic acids is 5. The van der Waals surface area contributed by atoms with Crippen molar-refractivity contribution in [2.75, 3.05) is 32.1 Å². The van der Waals surface area contributed by atoms with E-state index in [2.05, 4.69) is 37.3 Å². The summed E-state index contributed by atoms with van der Waals surface area (Å²) in [5.74, 6) is -2.40. The molecule has 1 heterocycles. The van der Waals surface area contributed by atoms with Gasteiger partial charge in [-0.05, 0) is 40.9 Å². The molecule has 1 aliphatic heterocycles. The van der Waals surface area contributed by atoms with E-state index in [-0.39, 0.29) is 43.3 Å². The monoisotopic (exact) mass is 731 g/mol. The number of nitrogens with one attached hydrogen (secondary N) is 6. The summed E-state index contributed by atoms with van der Waals surface area (Å²) >= 11 is 5.64. The lowest BCUT2D eigenvalue weighted by atomic mass is 9.85. The van der Waals surface area contributed by atoms with Gasteiger partial charge in [0.05, 0.1) is 6.04 Å². The van der Waals surface area contributed by atoms with Crippen LogP contribution >= 0.6 is 11.6 Å². The summed E-state index contributed by atoms with van der Waals surface area (Å²) < 4.78 is 29.7. The molecular formula is C33H58ClN7O7S. The van der Waals surface area contributed by atoms with E-state index in [4.69, 9.17) is 11.6 Å². The fourth-order valence-electron chi connectivity index (χ4n) is 6.27. The molecule has 280 valence electrons. The molecule has 5 amide bonds. The third-order valence-electron chi connectivity index (χ3n) is 9.42. The highest BCUT2D eigenvalue weighted by atomic mass is 35.5. The van der Waals surface area contributed by atoms with Crippen molar-refractivity contribution in [2.24, 2.45) is 28.1 Å². The molecular weight excluding hydrogens is 674 g/mol. The second-order valence-corrected chi connectivity index (χ2v) is 17.7. The highest BCUT2D eigenvalue weighted by Gasteiger charge is 2.70. The summed E-state index contributed by atoms with van der Waals surface area (Å²) in [6.45, 7) is 20.8. The molecule has 0 spiro atoms. The van der Waals surface area contributed by atoms with E-state index in [1.807, 2.05) is 41.5 Å². The Morgan fingerprint density at radius 1 is 1.00 bits per heavy atom. The Morgan fingerprint density at radius 2 is 1.63 bits per heavy atom. The summed E-state index contributed by atoms with van der Waals surface area (Å²) in [5.41, 5.74) is -1.58. The fraction of sp³-hybridized carbons (Fsp3) is 0.788. The van der Waals surface area contributed by atoms with Crippen LogP contribution in [0, 0.1) is 28.1 Å². The molecule has 16 heteroatoms. The third-order valence-corrected chi connectivity index (χ3v) is 10.8. The zero-order chi connectivity index (χ0) is 37.5. The second kappa shape index (κ2) is 17.0. The van der Waals surface area contributed by atoms with E-state index in [9.17, 15) is 32.4 Å². The Hall–Kier alpha value is -2.75. The van der Waals surface area contributed by atoms with Crippen LogP contribution in [-0.2, 0) is 29.4 Å². The van der Waals surface area contributed by atoms with Gasteiger partial charge in [0.2, 0.25) is 17.6 Å². The summed E-state index contributed by atoms with van der Waals surface area (Å²) in [6, 6.07) is -4.37. The van der Waals surface area contributed by atoms with Crippen LogP contribution in [0.4, 0.5) is 4.79 Å². The first-order valence-corrected chi connectivity index (χ1v) is 19.0. The average Bonchev–Trinajstić information content (AvgIpc) is 3.30. The number of likely N-dealkylation sites (tertiary alicyclic amines) is 1. The molecule has 1 unspecified atom stereocenters. The maximum atomic E-state index is 14.3. The molecule has 6 N–H and O–H groups in total. The molecule has 49 heavy (non-hydrogen) atoms. The van der Waals surface area contributed by atoms with Gasteiger partial charge < -0.3 is 26.2 Å². The predicted octanol–water partition coefficient (Wildman–Crippen LogP) is 1.81. The number of urea groups is 1. The molecule has 14 nitrogen and oxygen atoms in total. The number of hydrogen-bond donors (Lipinski definition) is 6. The second-order valence-electron chi connectivity index (χ2n) is 15.7. The van der Waals surface area contributed by atoms with E-state index < -0.39 is 74.7 Å². The topological polar surface area (TPSA) is 195 Å². The Kier molecular flexibility index (Phi) is 14.7. The molecule has 0 aromatic carbocycles. The van der Waals surface area contributed by atoms with Crippen LogP contribution in [0.25, 0.3) is 0 Å². The van der Waals surface area contributed by atoms with Crippen molar-refractivity contribution in [2.45, 2.75) is 106 Å². The highest BCUT2D eigenvalue weighted by Crippen LogP contribution is 2.65. The lowest BCUT2D eigenvalue weighted by Crippen LogP contribution is -2.62. The van der Waals surface area contributed by atoms with Gasteiger partial charge in [-0.15, -0.1) is 18.2 Å². The number of ketones is 1. The lowest BCUT2D eigenvalue weighted by Gasteiger charge is -2.38. The number of fused-ring (bicyclic) bond motifs is 1. The van der Waals surface area contributed by atoms with E-state index in [1.54, 1.807) is 20.8 Å². The molecule has 1 aliphatic carbocycles. The maximum absolute atomic E-state index is 14.3. The number of Topliss-reactive ketones (excluding diaryl/α,β-unsaturated/α-hetero) is 1. The normalized spacial score (nSPS) is 21.8. The first kappa shape index (κ1) is 42.4. The van der Waals surface area contributed by atoms with Gasteiger partial charge >= 0.3 is 6.03 Å². The van der Waals surface area contributed by atoms with Gasteiger partial charge in [-0.2, -0.15) is 8.42 Å². The number of piperidine rings is 1. The van der Waals surface area contributed by atoms with Gasteiger partial charge in [0.15, 0.2) is 0 Å². The summed E-state index contributed by atoms with van der Waals surface area (Å²) in [5, 5.41) is 10.9. The van der Waals surface area contributed by atoms with Gasteiger partial charge in [-0.1, -0.05) is 74.8 Å². The van der Waals surface area contributed by atoms with Crippen LogP contribution in [0.1, 0.15) is 81.6 Å². The highest BCUT2D eigenvalue weighted by molar-refractivity contribution is 7.87. The van der Waals surface area contributed by atoms with Gasteiger partial charge in [-0.3, -0.25) is 19.2 Å². The minimum atomic E-state index is -3.84. The van der Waals surface area contributed by atoms with Crippen molar-refractivity contribution < 1.29 is 32.4 Å². The van der Waals surface area contributed by atoms with Crippen LogP contribution < -0.4 is 30.7 Å². The summed E-state index contributed by atoms with van der Waals surface area (Å²) in [6.07, 6.45) is 2.68. The number of halogens is 1. The predicted molar refractivity (Wildman–Crippen MR) is 190 cm³/mol. The molecule has 1 saturated heterocycles. The van der Waals surface area contributed by atoms with E-state index >= 15 is 0 Å². The fourth-order valence-corrected chi connectivity index (χ4v) is 7.31. The minimum Gasteiger partial charge on any atom is -0.346 e. The Morgan fingerprint density at radius 3 is 2.16 bits per heavy atom. The zero-order valence-electron chi connectivity index (χ0n) is 30.5. The van der Waals surface area contributed by atoms with Crippen LogP contribution in [-0.4, -0.2) is 99.1 Å². The van der Waals surface area contributed by atoms with Crippen molar-refractivity contribution in [1.29, 1.82) is 0 Å².